The minimum Gasteiger partial charge on any atom is -0.369 e. The lowest BCUT2D eigenvalue weighted by Crippen LogP contribution is -2.16. The molecule has 0 spiro atoms. The fraction of sp³-hybridized carbons (Fsp3) is 0.333. The second kappa shape index (κ2) is 7.00. The molecule has 98 valence electrons. The highest BCUT2D eigenvalue weighted by Crippen LogP contribution is 2.16. The fourth-order valence-electron chi connectivity index (χ4n) is 1.28. The van der Waals surface area contributed by atoms with E-state index in [0.29, 0.717) is 11.4 Å². The average Bonchev–Trinajstić information content (AvgIpc) is 2.29. The maximum absolute atomic E-state index is 13.0. The highest BCUT2D eigenvalue weighted by Gasteiger charge is 2.06. The Morgan fingerprint density at radius 2 is 2.17 bits per heavy atom. The smallest absolute Gasteiger partial charge is 0.227 e. The van der Waals surface area contributed by atoms with Crippen LogP contribution in [-0.4, -0.2) is 23.3 Å². The molecular weight excluding hydrogens is 255 g/mol. The summed E-state index contributed by atoms with van der Waals surface area (Å²) in [6.45, 7) is 1.79. The second-order valence-electron chi connectivity index (χ2n) is 3.78. The first-order chi connectivity index (χ1) is 8.49. The largest absolute Gasteiger partial charge is 0.369 e. The lowest BCUT2D eigenvalue weighted by molar-refractivity contribution is -0.116. The molecule has 0 aliphatic carbocycles. The van der Waals surface area contributed by atoms with Crippen molar-refractivity contribution in [3.8, 4) is 0 Å². The summed E-state index contributed by atoms with van der Waals surface area (Å²) < 4.78 is 13.0. The predicted octanol–water partition coefficient (Wildman–Crippen LogP) is 1.68. The van der Waals surface area contributed by atoms with Gasteiger partial charge in [0.1, 0.15) is 5.82 Å². The van der Waals surface area contributed by atoms with Crippen molar-refractivity contribution in [3.63, 3.8) is 0 Å². The van der Waals surface area contributed by atoms with Gasteiger partial charge in [-0.25, -0.2) is 4.39 Å². The molecular formula is C12H15FN2O2S. The van der Waals surface area contributed by atoms with Gasteiger partial charge in [0.15, 0.2) is 0 Å². The van der Waals surface area contributed by atoms with Crippen LogP contribution >= 0.6 is 11.8 Å². The number of thioether (sulfide) groups is 1. The molecule has 0 bridgehead atoms. The van der Waals surface area contributed by atoms with Crippen molar-refractivity contribution in [1.82, 2.24) is 0 Å². The topological polar surface area (TPSA) is 72.2 Å². The highest BCUT2D eigenvalue weighted by atomic mass is 32.2. The maximum Gasteiger partial charge on any atom is 0.227 e. The summed E-state index contributed by atoms with van der Waals surface area (Å²) in [5.41, 5.74) is 6.24. The summed E-state index contributed by atoms with van der Waals surface area (Å²) in [4.78, 5) is 22.0. The summed E-state index contributed by atoms with van der Waals surface area (Å²) in [5.74, 6) is -0.295. The van der Waals surface area contributed by atoms with E-state index in [1.807, 2.05) is 0 Å². The van der Waals surface area contributed by atoms with E-state index in [9.17, 15) is 14.0 Å². The summed E-state index contributed by atoms with van der Waals surface area (Å²) in [6.07, 6.45) is 0.258. The van der Waals surface area contributed by atoms with Gasteiger partial charge in [-0.1, -0.05) is 6.07 Å². The standard InChI is InChI=1S/C12H15FN2O2S/c1-8-2-3-9(13)6-10(8)15-12(17)4-5-18-7-11(14)16/h2-3,6H,4-5,7H2,1H3,(H2,14,16)(H,15,17). The molecule has 1 rings (SSSR count). The lowest BCUT2D eigenvalue weighted by atomic mass is 10.2. The van der Waals surface area contributed by atoms with Gasteiger partial charge in [-0.15, -0.1) is 0 Å². The first kappa shape index (κ1) is 14.5. The molecule has 0 atom stereocenters. The van der Waals surface area contributed by atoms with Gasteiger partial charge < -0.3 is 11.1 Å². The van der Waals surface area contributed by atoms with Gasteiger partial charge in [0.25, 0.3) is 0 Å². The van der Waals surface area contributed by atoms with Crippen LogP contribution in [0.15, 0.2) is 18.2 Å². The SMILES string of the molecule is Cc1ccc(F)cc1NC(=O)CCSCC(N)=O. The van der Waals surface area contributed by atoms with Crippen LogP contribution in [0.1, 0.15) is 12.0 Å². The summed E-state index contributed by atoms with van der Waals surface area (Å²) in [5, 5.41) is 2.63. The molecule has 0 heterocycles. The molecule has 0 fully saturated rings. The van der Waals surface area contributed by atoms with Crippen molar-refractivity contribution in [2.45, 2.75) is 13.3 Å². The Morgan fingerprint density at radius 3 is 2.83 bits per heavy atom. The Hall–Kier alpha value is -1.56. The van der Waals surface area contributed by atoms with Gasteiger partial charge in [-0.2, -0.15) is 11.8 Å². The second-order valence-corrected chi connectivity index (χ2v) is 4.88. The van der Waals surface area contributed by atoms with Crippen LogP contribution in [0, 0.1) is 12.7 Å². The van der Waals surface area contributed by atoms with Gasteiger partial charge in [0, 0.05) is 17.9 Å². The number of primary amides is 1. The number of anilines is 1. The molecule has 2 amide bonds. The third-order valence-corrected chi connectivity index (χ3v) is 3.17. The minimum atomic E-state index is -0.401. The molecule has 0 aliphatic rings. The minimum absolute atomic E-state index is 0.201. The Balaban J connectivity index is 2.40. The molecule has 0 saturated carbocycles. The number of nitrogens with one attached hydrogen (secondary N) is 1. The summed E-state index contributed by atoms with van der Waals surface area (Å²) in [7, 11) is 0. The normalized spacial score (nSPS) is 10.1. The average molecular weight is 270 g/mol. The van der Waals surface area contributed by atoms with Crippen molar-refractivity contribution < 1.29 is 14.0 Å². The number of benzene rings is 1. The summed E-state index contributed by atoms with van der Waals surface area (Å²) in [6, 6.07) is 4.23. The Bertz CT molecular complexity index is 452. The third kappa shape index (κ3) is 5.18. The number of hydrogen-bond acceptors (Lipinski definition) is 3. The van der Waals surface area contributed by atoms with Crippen molar-refractivity contribution in [2.24, 2.45) is 5.73 Å². The first-order valence-electron chi connectivity index (χ1n) is 5.41. The monoisotopic (exact) mass is 270 g/mol. The van der Waals surface area contributed by atoms with E-state index in [1.54, 1.807) is 13.0 Å². The van der Waals surface area contributed by atoms with E-state index >= 15 is 0 Å². The number of nitrogens with two attached hydrogens (primary N) is 1. The van der Waals surface area contributed by atoms with E-state index < -0.39 is 5.91 Å². The van der Waals surface area contributed by atoms with E-state index in [1.165, 1.54) is 23.9 Å². The Morgan fingerprint density at radius 1 is 1.44 bits per heavy atom. The molecule has 0 unspecified atom stereocenters. The van der Waals surface area contributed by atoms with Crippen molar-refractivity contribution >= 4 is 29.3 Å². The molecule has 4 nitrogen and oxygen atoms in total. The van der Waals surface area contributed by atoms with E-state index in [4.69, 9.17) is 5.73 Å². The van der Waals surface area contributed by atoms with Crippen LogP contribution in [0.2, 0.25) is 0 Å². The number of carbonyl (C=O) groups is 2. The van der Waals surface area contributed by atoms with Gasteiger partial charge in [-0.3, -0.25) is 9.59 Å². The van der Waals surface area contributed by atoms with Gasteiger partial charge in [0.2, 0.25) is 11.8 Å². The van der Waals surface area contributed by atoms with Crippen LogP contribution in [0.3, 0.4) is 0 Å². The third-order valence-electron chi connectivity index (χ3n) is 2.19. The fourth-order valence-corrected chi connectivity index (χ4v) is 1.95. The lowest BCUT2D eigenvalue weighted by Gasteiger charge is -2.08. The van der Waals surface area contributed by atoms with E-state index in [2.05, 4.69) is 5.32 Å². The summed E-state index contributed by atoms with van der Waals surface area (Å²) >= 11 is 1.30. The molecule has 0 saturated heterocycles. The van der Waals surface area contributed by atoms with Gasteiger partial charge >= 0.3 is 0 Å². The van der Waals surface area contributed by atoms with Crippen molar-refractivity contribution in [1.29, 1.82) is 0 Å². The first-order valence-corrected chi connectivity index (χ1v) is 6.56. The quantitative estimate of drug-likeness (QED) is 0.772. The van der Waals surface area contributed by atoms with Crippen LogP contribution < -0.4 is 11.1 Å². The number of carbonyl (C=O) groups excluding carboxylic acids is 2. The number of hydrogen-bond donors (Lipinski definition) is 2. The zero-order chi connectivity index (χ0) is 13.5. The molecule has 6 heteroatoms. The zero-order valence-corrected chi connectivity index (χ0v) is 10.8. The Labute approximate surface area is 109 Å². The molecule has 1 aromatic rings. The van der Waals surface area contributed by atoms with Gasteiger partial charge in [0.05, 0.1) is 5.75 Å². The van der Waals surface area contributed by atoms with Crippen LogP contribution in [-0.2, 0) is 9.59 Å². The maximum atomic E-state index is 13.0. The van der Waals surface area contributed by atoms with Gasteiger partial charge in [-0.05, 0) is 24.6 Å². The number of halogens is 1. The van der Waals surface area contributed by atoms with Crippen LogP contribution in [0.4, 0.5) is 10.1 Å². The molecule has 0 aromatic heterocycles. The van der Waals surface area contributed by atoms with Crippen LogP contribution in [0.25, 0.3) is 0 Å². The van der Waals surface area contributed by atoms with E-state index in [-0.39, 0.29) is 23.9 Å². The molecule has 1 aromatic carbocycles. The molecule has 3 N–H and O–H groups in total. The van der Waals surface area contributed by atoms with Crippen molar-refractivity contribution in [2.75, 3.05) is 16.8 Å². The predicted molar refractivity (Wildman–Crippen MR) is 70.9 cm³/mol. The molecule has 0 aliphatic heterocycles. The number of amides is 2. The van der Waals surface area contributed by atoms with Crippen molar-refractivity contribution in [3.05, 3.63) is 29.6 Å². The number of aryl methyl sites for hydroxylation is 1. The zero-order valence-electron chi connectivity index (χ0n) is 10.0. The highest BCUT2D eigenvalue weighted by molar-refractivity contribution is 7.99. The van der Waals surface area contributed by atoms with Crippen LogP contribution in [0.5, 0.6) is 0 Å². The molecule has 18 heavy (non-hydrogen) atoms. The van der Waals surface area contributed by atoms with E-state index in [0.717, 1.165) is 5.56 Å². The Kier molecular flexibility index (Phi) is 5.64. The molecule has 0 radical (unpaired) electrons. The number of rotatable bonds is 6.